The molecule has 14 heavy (non-hydrogen) atoms. The van der Waals surface area contributed by atoms with E-state index in [0.717, 1.165) is 10.9 Å². The number of nitrogens with one attached hydrogen (secondary N) is 1. The van der Waals surface area contributed by atoms with Crippen LogP contribution in [-0.2, 0) is 0 Å². The first-order valence-electron chi connectivity index (χ1n) is 4.75. The Kier molecular flexibility index (Phi) is 2.35. The summed E-state index contributed by atoms with van der Waals surface area (Å²) in [6.07, 6.45) is 2.28. The van der Waals surface area contributed by atoms with Gasteiger partial charge in [0.15, 0.2) is 0 Å². The van der Waals surface area contributed by atoms with Crippen molar-refractivity contribution in [2.75, 3.05) is 0 Å². The molecule has 1 N–H and O–H groups in total. The fraction of sp³-hybridized carbons (Fsp3) is 0.167. The fourth-order valence-corrected chi connectivity index (χ4v) is 1.49. The van der Waals surface area contributed by atoms with Crippen molar-refractivity contribution in [1.82, 2.24) is 4.98 Å². The van der Waals surface area contributed by atoms with Crippen LogP contribution in [0.3, 0.4) is 0 Å². The lowest BCUT2D eigenvalue weighted by Gasteiger charge is -1.90. The number of aromatic nitrogens is 1. The summed E-state index contributed by atoms with van der Waals surface area (Å²) in [6.45, 7) is 1.92. The molecule has 0 fully saturated rings. The number of benzene rings is 1. The van der Waals surface area contributed by atoms with E-state index in [-0.39, 0.29) is 5.83 Å². The molecular formula is C12H12FN. The second-order valence-electron chi connectivity index (χ2n) is 3.23. The molecule has 0 aliphatic rings. The topological polar surface area (TPSA) is 15.8 Å². The third-order valence-corrected chi connectivity index (χ3v) is 2.17. The van der Waals surface area contributed by atoms with Crippen molar-refractivity contribution >= 4 is 16.7 Å². The smallest absolute Gasteiger partial charge is 0.142 e. The third-order valence-electron chi connectivity index (χ3n) is 2.17. The Morgan fingerprint density at radius 3 is 2.93 bits per heavy atom. The molecule has 0 aliphatic heterocycles. The zero-order valence-corrected chi connectivity index (χ0v) is 8.05. The van der Waals surface area contributed by atoms with E-state index in [1.807, 2.05) is 37.3 Å². The van der Waals surface area contributed by atoms with Gasteiger partial charge in [-0.25, -0.2) is 4.39 Å². The number of hydrogen-bond acceptors (Lipinski definition) is 0. The minimum atomic E-state index is -0.177. The number of rotatable bonds is 2. The molecular weight excluding hydrogens is 177 g/mol. The van der Waals surface area contributed by atoms with E-state index in [0.29, 0.717) is 12.1 Å². The Morgan fingerprint density at radius 1 is 1.43 bits per heavy atom. The predicted molar refractivity (Wildman–Crippen MR) is 57.7 cm³/mol. The number of halogens is 1. The lowest BCUT2D eigenvalue weighted by molar-refractivity contribution is 0.749. The predicted octanol–water partition coefficient (Wildman–Crippen LogP) is 3.89. The van der Waals surface area contributed by atoms with Gasteiger partial charge in [0.2, 0.25) is 0 Å². The second-order valence-corrected chi connectivity index (χ2v) is 3.23. The van der Waals surface area contributed by atoms with Gasteiger partial charge in [-0.05, 0) is 24.6 Å². The highest BCUT2D eigenvalue weighted by Gasteiger charge is 2.03. The Balaban J connectivity index is 2.50. The minimum Gasteiger partial charge on any atom is -0.353 e. The van der Waals surface area contributed by atoms with E-state index in [1.165, 1.54) is 0 Å². The summed E-state index contributed by atoms with van der Waals surface area (Å²) in [5.41, 5.74) is 1.54. The number of fused-ring (bicyclic) bond motifs is 1. The fourth-order valence-electron chi connectivity index (χ4n) is 1.49. The van der Waals surface area contributed by atoms with Gasteiger partial charge in [0.05, 0.1) is 5.69 Å². The highest BCUT2D eigenvalue weighted by molar-refractivity contribution is 5.83. The summed E-state index contributed by atoms with van der Waals surface area (Å²) in [5.74, 6) is -0.177. The molecule has 0 saturated carbocycles. The van der Waals surface area contributed by atoms with Gasteiger partial charge in [-0.1, -0.05) is 25.1 Å². The monoisotopic (exact) mass is 189 g/mol. The van der Waals surface area contributed by atoms with Crippen molar-refractivity contribution < 1.29 is 4.39 Å². The molecule has 0 saturated heterocycles. The quantitative estimate of drug-likeness (QED) is 0.737. The molecule has 1 nitrogen and oxygen atoms in total. The Morgan fingerprint density at radius 2 is 2.21 bits per heavy atom. The van der Waals surface area contributed by atoms with Gasteiger partial charge < -0.3 is 4.98 Å². The first kappa shape index (κ1) is 9.00. The van der Waals surface area contributed by atoms with Crippen LogP contribution in [0.5, 0.6) is 0 Å². The van der Waals surface area contributed by atoms with Gasteiger partial charge in [-0.15, -0.1) is 0 Å². The SMILES string of the molecule is CC/C=C(\F)c1cc2ccccc2[nH]1. The van der Waals surface area contributed by atoms with Crippen LogP contribution in [0, 0.1) is 0 Å². The van der Waals surface area contributed by atoms with Gasteiger partial charge in [-0.3, -0.25) is 0 Å². The van der Waals surface area contributed by atoms with Gasteiger partial charge in [0, 0.05) is 10.9 Å². The Hall–Kier alpha value is -1.57. The number of hydrogen-bond donors (Lipinski definition) is 1. The molecule has 0 spiro atoms. The maximum Gasteiger partial charge on any atom is 0.142 e. The lowest BCUT2D eigenvalue weighted by atomic mass is 10.2. The molecule has 2 aromatic rings. The van der Waals surface area contributed by atoms with Gasteiger partial charge in [-0.2, -0.15) is 0 Å². The van der Waals surface area contributed by atoms with Crippen molar-refractivity contribution in [3.05, 3.63) is 42.1 Å². The number of allylic oxidation sites excluding steroid dienone is 1. The zero-order chi connectivity index (χ0) is 9.97. The van der Waals surface area contributed by atoms with Crippen LogP contribution in [0.25, 0.3) is 16.7 Å². The lowest BCUT2D eigenvalue weighted by Crippen LogP contribution is -1.75. The van der Waals surface area contributed by atoms with Crippen LogP contribution in [0.1, 0.15) is 19.0 Å². The van der Waals surface area contributed by atoms with Crippen LogP contribution >= 0.6 is 0 Å². The van der Waals surface area contributed by atoms with Gasteiger partial charge in [0.1, 0.15) is 5.83 Å². The minimum absolute atomic E-state index is 0.177. The van der Waals surface area contributed by atoms with Crippen LogP contribution in [0.2, 0.25) is 0 Å². The molecule has 0 atom stereocenters. The summed E-state index contributed by atoms with van der Waals surface area (Å²) in [6, 6.07) is 9.62. The molecule has 0 radical (unpaired) electrons. The van der Waals surface area contributed by atoms with Crippen molar-refractivity contribution in [2.45, 2.75) is 13.3 Å². The Labute approximate surface area is 82.3 Å². The maximum absolute atomic E-state index is 13.4. The molecule has 0 aliphatic carbocycles. The summed E-state index contributed by atoms with van der Waals surface area (Å²) in [7, 11) is 0. The third kappa shape index (κ3) is 1.55. The van der Waals surface area contributed by atoms with E-state index in [4.69, 9.17) is 0 Å². The normalized spacial score (nSPS) is 12.3. The first-order valence-corrected chi connectivity index (χ1v) is 4.75. The largest absolute Gasteiger partial charge is 0.353 e. The Bertz CT molecular complexity index is 435. The van der Waals surface area contributed by atoms with E-state index >= 15 is 0 Å². The molecule has 1 aromatic heterocycles. The molecule has 2 rings (SSSR count). The first-order chi connectivity index (χ1) is 6.81. The molecule has 1 heterocycles. The molecule has 0 amide bonds. The molecule has 2 heteroatoms. The van der Waals surface area contributed by atoms with Crippen molar-refractivity contribution in [2.24, 2.45) is 0 Å². The molecule has 0 unspecified atom stereocenters. The average molecular weight is 189 g/mol. The zero-order valence-electron chi connectivity index (χ0n) is 8.05. The van der Waals surface area contributed by atoms with Crippen LogP contribution < -0.4 is 0 Å². The summed E-state index contributed by atoms with van der Waals surface area (Å²) < 4.78 is 13.4. The summed E-state index contributed by atoms with van der Waals surface area (Å²) in [4.78, 5) is 3.04. The average Bonchev–Trinajstić information content (AvgIpc) is 2.61. The molecule has 72 valence electrons. The van der Waals surface area contributed by atoms with E-state index in [9.17, 15) is 4.39 Å². The number of H-pyrrole nitrogens is 1. The van der Waals surface area contributed by atoms with Crippen molar-refractivity contribution in [1.29, 1.82) is 0 Å². The van der Waals surface area contributed by atoms with Crippen LogP contribution in [0.15, 0.2) is 36.4 Å². The summed E-state index contributed by atoms with van der Waals surface area (Å²) in [5, 5.41) is 1.04. The van der Waals surface area contributed by atoms with Crippen LogP contribution in [-0.4, -0.2) is 4.98 Å². The van der Waals surface area contributed by atoms with Gasteiger partial charge in [0.25, 0.3) is 0 Å². The maximum atomic E-state index is 13.4. The second kappa shape index (κ2) is 3.66. The molecule has 0 bridgehead atoms. The standard InChI is InChI=1S/C12H12FN/c1-2-5-10(13)12-8-9-6-3-4-7-11(9)14-12/h3-8,14H,2H2,1H3/b10-5-. The highest BCUT2D eigenvalue weighted by Crippen LogP contribution is 2.21. The van der Waals surface area contributed by atoms with Crippen molar-refractivity contribution in [3.8, 4) is 0 Å². The van der Waals surface area contributed by atoms with Gasteiger partial charge >= 0.3 is 0 Å². The van der Waals surface area contributed by atoms with E-state index < -0.39 is 0 Å². The highest BCUT2D eigenvalue weighted by atomic mass is 19.1. The number of para-hydroxylation sites is 1. The van der Waals surface area contributed by atoms with Crippen molar-refractivity contribution in [3.63, 3.8) is 0 Å². The molecule has 1 aromatic carbocycles. The summed E-state index contributed by atoms with van der Waals surface area (Å²) >= 11 is 0. The number of aromatic amines is 1. The van der Waals surface area contributed by atoms with E-state index in [2.05, 4.69) is 4.98 Å². The van der Waals surface area contributed by atoms with Crippen LogP contribution in [0.4, 0.5) is 4.39 Å². The van der Waals surface area contributed by atoms with E-state index in [1.54, 1.807) is 6.08 Å².